The van der Waals surface area contributed by atoms with E-state index in [2.05, 4.69) is 45.0 Å². The minimum absolute atomic E-state index is 0.221. The van der Waals surface area contributed by atoms with Gasteiger partial charge in [0.2, 0.25) is 0 Å². The number of rotatable bonds is 5. The normalized spacial score (nSPS) is 15.6. The van der Waals surface area contributed by atoms with Crippen molar-refractivity contribution in [1.29, 1.82) is 0 Å². The van der Waals surface area contributed by atoms with Crippen LogP contribution in [-0.4, -0.2) is 40.1 Å². The number of nitrogens with zero attached hydrogens (tertiary/aromatic N) is 4. The first-order valence-corrected chi connectivity index (χ1v) is 12.4. The molecule has 0 radical (unpaired) electrons. The van der Waals surface area contributed by atoms with Crippen molar-refractivity contribution in [2.75, 3.05) is 25.1 Å². The van der Waals surface area contributed by atoms with Gasteiger partial charge in [-0.25, -0.2) is 19.3 Å². The third-order valence-corrected chi connectivity index (χ3v) is 7.28. The topological polar surface area (TPSA) is 66.9 Å². The highest BCUT2D eigenvalue weighted by molar-refractivity contribution is 5.91. The lowest BCUT2D eigenvalue weighted by Crippen LogP contribution is -2.34. The molecule has 2 aromatic carbocycles. The molecule has 0 amide bonds. The van der Waals surface area contributed by atoms with Crippen molar-refractivity contribution in [1.82, 2.24) is 19.9 Å². The number of aromatic amines is 1. The molecular formula is C29H28FN5O. The Morgan fingerprint density at radius 2 is 1.69 bits per heavy atom. The number of hydrogen-bond acceptors (Lipinski definition) is 5. The van der Waals surface area contributed by atoms with Gasteiger partial charge in [0.1, 0.15) is 29.5 Å². The molecule has 1 aliphatic carbocycles. The minimum Gasteiger partial charge on any atom is -0.497 e. The summed E-state index contributed by atoms with van der Waals surface area (Å²) in [7, 11) is 1.68. The highest BCUT2D eigenvalue weighted by Crippen LogP contribution is 2.37. The molecule has 0 bridgehead atoms. The molecule has 1 N–H and O–H groups in total. The van der Waals surface area contributed by atoms with Crippen LogP contribution in [0.3, 0.4) is 0 Å². The molecule has 7 heteroatoms. The molecule has 4 aromatic rings. The molecule has 3 heterocycles. The number of hydrogen-bond donors (Lipinski definition) is 1. The Kier molecular flexibility index (Phi) is 5.76. The first-order chi connectivity index (χ1) is 17.6. The monoisotopic (exact) mass is 481 g/mol. The number of fused-ring (bicyclic) bond motifs is 1. The number of methoxy groups -OCH3 is 1. The smallest absolute Gasteiger partial charge is 0.139 e. The van der Waals surface area contributed by atoms with Gasteiger partial charge in [-0.05, 0) is 73.4 Å². The molecule has 0 spiro atoms. The van der Waals surface area contributed by atoms with Crippen molar-refractivity contribution in [3.63, 3.8) is 0 Å². The minimum atomic E-state index is -0.221. The van der Waals surface area contributed by atoms with Gasteiger partial charge in [0.25, 0.3) is 0 Å². The Morgan fingerprint density at radius 1 is 0.972 bits per heavy atom. The maximum absolute atomic E-state index is 13.4. The molecule has 6 nitrogen and oxygen atoms in total. The van der Waals surface area contributed by atoms with Crippen LogP contribution in [0.2, 0.25) is 0 Å². The fourth-order valence-electron chi connectivity index (χ4n) is 5.29. The van der Waals surface area contributed by atoms with Gasteiger partial charge in [0.15, 0.2) is 0 Å². The molecule has 36 heavy (non-hydrogen) atoms. The van der Waals surface area contributed by atoms with Gasteiger partial charge < -0.3 is 14.6 Å². The lowest BCUT2D eigenvalue weighted by atomic mass is 9.96. The SMILES string of the molecule is COc1ccc(-c2nc(C3CCN(c4ncnc5c4C=C(c4ccc(F)cc4)C5)CC3)[nH]c2C)cc1. The van der Waals surface area contributed by atoms with E-state index >= 15 is 0 Å². The van der Waals surface area contributed by atoms with E-state index in [0.29, 0.717) is 5.92 Å². The number of aromatic nitrogens is 4. The van der Waals surface area contributed by atoms with Crippen molar-refractivity contribution < 1.29 is 9.13 Å². The van der Waals surface area contributed by atoms with E-state index in [1.807, 2.05) is 24.3 Å². The second-order valence-electron chi connectivity index (χ2n) is 9.50. The van der Waals surface area contributed by atoms with Gasteiger partial charge in [-0.3, -0.25) is 0 Å². The van der Waals surface area contributed by atoms with Gasteiger partial charge >= 0.3 is 0 Å². The molecule has 0 atom stereocenters. The van der Waals surface area contributed by atoms with Crippen molar-refractivity contribution >= 4 is 17.5 Å². The van der Waals surface area contributed by atoms with Gasteiger partial charge in [0.05, 0.1) is 18.5 Å². The summed E-state index contributed by atoms with van der Waals surface area (Å²) in [6.45, 7) is 3.90. The van der Waals surface area contributed by atoms with E-state index in [0.717, 1.165) is 89.1 Å². The summed E-state index contributed by atoms with van der Waals surface area (Å²) in [6.07, 6.45) is 6.58. The van der Waals surface area contributed by atoms with E-state index < -0.39 is 0 Å². The Morgan fingerprint density at radius 3 is 2.42 bits per heavy atom. The second kappa shape index (κ2) is 9.22. The zero-order chi connectivity index (χ0) is 24.6. The molecule has 1 saturated heterocycles. The number of halogens is 1. The number of H-pyrrole nitrogens is 1. The fourth-order valence-corrected chi connectivity index (χ4v) is 5.29. The molecule has 6 rings (SSSR count). The summed E-state index contributed by atoms with van der Waals surface area (Å²) in [6, 6.07) is 14.7. The molecule has 1 aliphatic heterocycles. The molecule has 182 valence electrons. The summed E-state index contributed by atoms with van der Waals surface area (Å²) in [4.78, 5) is 20.1. The van der Waals surface area contributed by atoms with E-state index in [4.69, 9.17) is 9.72 Å². The average molecular weight is 482 g/mol. The third-order valence-electron chi connectivity index (χ3n) is 7.28. The van der Waals surface area contributed by atoms with Gasteiger partial charge in [-0.1, -0.05) is 12.1 Å². The Hall–Kier alpha value is -4.00. The summed E-state index contributed by atoms with van der Waals surface area (Å²) in [5.41, 5.74) is 7.48. The van der Waals surface area contributed by atoms with Crippen molar-refractivity contribution in [2.24, 2.45) is 0 Å². The van der Waals surface area contributed by atoms with Crippen LogP contribution < -0.4 is 9.64 Å². The predicted octanol–water partition coefficient (Wildman–Crippen LogP) is 5.80. The molecule has 2 aromatic heterocycles. The number of aryl methyl sites for hydroxylation is 1. The van der Waals surface area contributed by atoms with Gasteiger partial charge in [-0.2, -0.15) is 0 Å². The van der Waals surface area contributed by atoms with Crippen molar-refractivity contribution in [3.05, 3.63) is 89.0 Å². The highest BCUT2D eigenvalue weighted by Gasteiger charge is 2.28. The van der Waals surface area contributed by atoms with Crippen molar-refractivity contribution in [3.8, 4) is 17.0 Å². The zero-order valence-corrected chi connectivity index (χ0v) is 20.5. The van der Waals surface area contributed by atoms with E-state index in [-0.39, 0.29) is 5.82 Å². The Bertz CT molecular complexity index is 1420. The Labute approximate surface area is 209 Å². The summed E-state index contributed by atoms with van der Waals surface area (Å²) >= 11 is 0. The van der Waals surface area contributed by atoms with Crippen LogP contribution in [0.1, 0.15) is 47.1 Å². The number of imidazole rings is 1. The Balaban J connectivity index is 1.18. The fraction of sp³-hybridized carbons (Fsp3) is 0.276. The summed E-state index contributed by atoms with van der Waals surface area (Å²) in [5.74, 6) is 3.05. The number of ether oxygens (including phenoxy) is 1. The van der Waals surface area contributed by atoms with Crippen LogP contribution >= 0.6 is 0 Å². The molecule has 2 aliphatic rings. The number of piperidine rings is 1. The van der Waals surface area contributed by atoms with E-state index in [9.17, 15) is 4.39 Å². The largest absolute Gasteiger partial charge is 0.497 e. The number of allylic oxidation sites excluding steroid dienone is 1. The lowest BCUT2D eigenvalue weighted by molar-refractivity contribution is 0.415. The first kappa shape index (κ1) is 22.5. The van der Waals surface area contributed by atoms with Gasteiger partial charge in [-0.15, -0.1) is 0 Å². The van der Waals surface area contributed by atoms with Crippen LogP contribution in [0.4, 0.5) is 10.2 Å². The standard InChI is InChI=1S/C29H28FN5O/c1-18-27(20-5-9-24(36-2)10-6-20)34-28(33-18)21-11-13-35(14-12-21)29-25-15-22(16-26(25)31-17-32-29)19-3-7-23(30)8-4-19/h3-10,15,17,21H,11-14,16H2,1-2H3,(H,33,34). The maximum Gasteiger partial charge on any atom is 0.139 e. The van der Waals surface area contributed by atoms with Crippen LogP contribution in [0.25, 0.3) is 22.9 Å². The van der Waals surface area contributed by atoms with Crippen LogP contribution in [0, 0.1) is 12.7 Å². The van der Waals surface area contributed by atoms with Crippen LogP contribution in [0.5, 0.6) is 5.75 Å². The lowest BCUT2D eigenvalue weighted by Gasteiger charge is -2.32. The molecule has 0 saturated carbocycles. The first-order valence-electron chi connectivity index (χ1n) is 12.4. The number of anilines is 1. The third kappa shape index (κ3) is 4.15. The summed E-state index contributed by atoms with van der Waals surface area (Å²) < 4.78 is 18.7. The predicted molar refractivity (Wildman–Crippen MR) is 140 cm³/mol. The second-order valence-corrected chi connectivity index (χ2v) is 9.50. The maximum atomic E-state index is 13.4. The van der Waals surface area contributed by atoms with E-state index in [1.54, 1.807) is 13.4 Å². The molecule has 1 fully saturated rings. The van der Waals surface area contributed by atoms with Crippen LogP contribution in [0.15, 0.2) is 54.9 Å². The average Bonchev–Trinajstić information content (AvgIpc) is 3.53. The quantitative estimate of drug-likeness (QED) is 0.390. The van der Waals surface area contributed by atoms with Crippen molar-refractivity contribution in [2.45, 2.75) is 32.1 Å². The number of nitrogens with one attached hydrogen (secondary N) is 1. The van der Waals surface area contributed by atoms with E-state index in [1.165, 1.54) is 12.1 Å². The van der Waals surface area contributed by atoms with Gasteiger partial charge in [0, 0.05) is 42.2 Å². The summed E-state index contributed by atoms with van der Waals surface area (Å²) in [5, 5.41) is 0. The molecular weight excluding hydrogens is 453 g/mol. The highest BCUT2D eigenvalue weighted by atomic mass is 19.1. The molecule has 0 unspecified atom stereocenters. The van der Waals surface area contributed by atoms with Crippen LogP contribution in [-0.2, 0) is 6.42 Å². The zero-order valence-electron chi connectivity index (χ0n) is 20.5. The number of benzene rings is 2.